The molecule has 0 aliphatic carbocycles. The van der Waals surface area contributed by atoms with Crippen LogP contribution in [0.25, 0.3) is 0 Å². The van der Waals surface area contributed by atoms with E-state index in [1.807, 2.05) is 26.0 Å². The minimum absolute atomic E-state index is 0.601. The van der Waals surface area contributed by atoms with Crippen LogP contribution in [0, 0.1) is 34.6 Å². The largest absolute Gasteiger partial charge is 0.488 e. The Bertz CT molecular complexity index is 540. The van der Waals surface area contributed by atoms with E-state index in [4.69, 9.17) is 10.5 Å². The van der Waals surface area contributed by atoms with Gasteiger partial charge in [-0.05, 0) is 74.6 Å². The van der Waals surface area contributed by atoms with Crippen molar-refractivity contribution in [1.82, 2.24) is 0 Å². The third kappa shape index (κ3) is 2.96. The highest BCUT2D eigenvalue weighted by Gasteiger charge is 2.09. The molecule has 0 aromatic heterocycles. The van der Waals surface area contributed by atoms with Gasteiger partial charge in [-0.15, -0.1) is 0 Å². The van der Waals surface area contributed by atoms with E-state index in [1.54, 1.807) is 0 Å². The summed E-state index contributed by atoms with van der Waals surface area (Å²) in [7, 11) is 0. The molecule has 0 saturated heterocycles. The second kappa shape index (κ2) is 5.58. The van der Waals surface area contributed by atoms with Crippen LogP contribution in [0.3, 0.4) is 0 Å². The molecule has 0 saturated carbocycles. The van der Waals surface area contributed by atoms with Gasteiger partial charge >= 0.3 is 0 Å². The van der Waals surface area contributed by atoms with Gasteiger partial charge in [0.2, 0.25) is 0 Å². The van der Waals surface area contributed by atoms with E-state index >= 15 is 0 Å². The molecule has 2 aromatic rings. The molecule has 0 atom stereocenters. The maximum atomic E-state index is 6.05. The van der Waals surface area contributed by atoms with Gasteiger partial charge in [0.15, 0.2) is 0 Å². The van der Waals surface area contributed by atoms with Gasteiger partial charge in [0.1, 0.15) is 12.4 Å². The lowest BCUT2D eigenvalue weighted by atomic mass is 10.0. The van der Waals surface area contributed by atoms with E-state index in [-0.39, 0.29) is 0 Å². The van der Waals surface area contributed by atoms with E-state index in [2.05, 4.69) is 32.9 Å². The minimum atomic E-state index is 0.601. The second-order valence-electron chi connectivity index (χ2n) is 5.65. The van der Waals surface area contributed by atoms with Gasteiger partial charge in [-0.1, -0.05) is 17.7 Å². The summed E-state index contributed by atoms with van der Waals surface area (Å²) in [5.41, 5.74) is 13.9. The van der Waals surface area contributed by atoms with Crippen LogP contribution in [-0.4, -0.2) is 0 Å². The Labute approximate surface area is 121 Å². The summed E-state index contributed by atoms with van der Waals surface area (Å²) in [5, 5.41) is 0. The van der Waals surface area contributed by atoms with E-state index in [1.165, 1.54) is 22.3 Å². The van der Waals surface area contributed by atoms with Crippen LogP contribution in [0.2, 0.25) is 0 Å². The molecule has 0 aliphatic heterocycles. The van der Waals surface area contributed by atoms with Crippen LogP contribution in [0.15, 0.2) is 24.3 Å². The van der Waals surface area contributed by atoms with E-state index < -0.39 is 0 Å². The summed E-state index contributed by atoms with van der Waals surface area (Å²) in [4.78, 5) is 0. The number of ether oxygens (including phenoxy) is 1. The zero-order chi connectivity index (χ0) is 14.9. The Morgan fingerprint density at radius 1 is 0.800 bits per heavy atom. The highest BCUT2D eigenvalue weighted by Crippen LogP contribution is 2.27. The molecule has 2 heteroatoms. The fraction of sp³-hybridized carbons (Fsp3) is 0.333. The van der Waals surface area contributed by atoms with Gasteiger partial charge in [-0.3, -0.25) is 0 Å². The van der Waals surface area contributed by atoms with Crippen LogP contribution in [0.5, 0.6) is 5.75 Å². The van der Waals surface area contributed by atoms with Crippen molar-refractivity contribution < 1.29 is 4.74 Å². The molecule has 2 aromatic carbocycles. The molecule has 0 fully saturated rings. The summed E-state index contributed by atoms with van der Waals surface area (Å²) >= 11 is 0. The smallest absolute Gasteiger partial charge is 0.125 e. The molecule has 0 unspecified atom stereocenters. The Morgan fingerprint density at radius 3 is 1.80 bits per heavy atom. The van der Waals surface area contributed by atoms with E-state index in [0.29, 0.717) is 6.61 Å². The Morgan fingerprint density at radius 2 is 1.30 bits per heavy atom. The number of benzene rings is 2. The first-order valence-corrected chi connectivity index (χ1v) is 6.94. The van der Waals surface area contributed by atoms with Crippen LogP contribution in [0.4, 0.5) is 5.69 Å². The average Bonchev–Trinajstić information content (AvgIpc) is 2.30. The molecule has 2 rings (SSSR count). The highest BCUT2D eigenvalue weighted by atomic mass is 16.5. The molecule has 2 N–H and O–H groups in total. The van der Waals surface area contributed by atoms with Crippen molar-refractivity contribution in [2.75, 3.05) is 5.73 Å². The number of nitrogens with two attached hydrogens (primary N) is 1. The number of anilines is 1. The number of rotatable bonds is 3. The Hall–Kier alpha value is -1.96. The molecule has 20 heavy (non-hydrogen) atoms. The first-order valence-electron chi connectivity index (χ1n) is 6.94. The van der Waals surface area contributed by atoms with Crippen molar-refractivity contribution >= 4 is 5.69 Å². The fourth-order valence-electron chi connectivity index (χ4n) is 2.79. The zero-order valence-electron chi connectivity index (χ0n) is 13.0. The fourth-order valence-corrected chi connectivity index (χ4v) is 2.79. The predicted molar refractivity (Wildman–Crippen MR) is 85.3 cm³/mol. The molecular formula is C18H23NO. The summed E-state index contributed by atoms with van der Waals surface area (Å²) in [6.45, 7) is 11.1. The van der Waals surface area contributed by atoms with Crippen LogP contribution in [-0.2, 0) is 6.61 Å². The molecular weight excluding hydrogens is 246 g/mol. The van der Waals surface area contributed by atoms with E-state index in [0.717, 1.165) is 22.6 Å². The van der Waals surface area contributed by atoms with Crippen molar-refractivity contribution in [2.45, 2.75) is 41.2 Å². The first-order chi connectivity index (χ1) is 9.38. The van der Waals surface area contributed by atoms with Crippen molar-refractivity contribution in [3.63, 3.8) is 0 Å². The quantitative estimate of drug-likeness (QED) is 0.839. The van der Waals surface area contributed by atoms with Gasteiger partial charge in [0.25, 0.3) is 0 Å². The van der Waals surface area contributed by atoms with Crippen molar-refractivity contribution in [1.29, 1.82) is 0 Å². The summed E-state index contributed by atoms with van der Waals surface area (Å²) < 4.78 is 6.05. The monoisotopic (exact) mass is 269 g/mol. The third-order valence-electron chi connectivity index (χ3n) is 3.68. The zero-order valence-corrected chi connectivity index (χ0v) is 13.0. The van der Waals surface area contributed by atoms with Crippen LogP contribution in [0.1, 0.15) is 33.4 Å². The molecule has 0 radical (unpaired) electrons. The second-order valence-corrected chi connectivity index (χ2v) is 5.65. The Kier molecular flexibility index (Phi) is 4.03. The lowest BCUT2D eigenvalue weighted by molar-refractivity contribution is 0.300. The third-order valence-corrected chi connectivity index (χ3v) is 3.68. The number of hydrogen-bond donors (Lipinski definition) is 1. The number of aryl methyl sites for hydroxylation is 5. The number of hydrogen-bond acceptors (Lipinski definition) is 2. The summed E-state index contributed by atoms with van der Waals surface area (Å²) in [5.74, 6) is 0.943. The minimum Gasteiger partial charge on any atom is -0.488 e. The average molecular weight is 269 g/mol. The first kappa shape index (κ1) is 14.4. The standard InChI is InChI=1S/C18H23NO/c1-11-6-12(2)17(13(3)7-11)10-20-18-14(4)8-16(19)9-15(18)5/h6-9H,10,19H2,1-5H3. The van der Waals surface area contributed by atoms with Crippen molar-refractivity contribution in [2.24, 2.45) is 0 Å². The van der Waals surface area contributed by atoms with Gasteiger partial charge in [0.05, 0.1) is 0 Å². The van der Waals surface area contributed by atoms with Gasteiger partial charge in [-0.2, -0.15) is 0 Å². The Balaban J connectivity index is 2.26. The molecule has 2 nitrogen and oxygen atoms in total. The number of nitrogen functional groups attached to an aromatic ring is 1. The van der Waals surface area contributed by atoms with Gasteiger partial charge < -0.3 is 10.5 Å². The molecule has 0 heterocycles. The molecule has 0 aliphatic rings. The normalized spacial score (nSPS) is 10.7. The maximum absolute atomic E-state index is 6.05. The predicted octanol–water partition coefficient (Wildman–Crippen LogP) is 4.39. The van der Waals surface area contributed by atoms with Gasteiger partial charge in [0, 0.05) is 5.69 Å². The van der Waals surface area contributed by atoms with Crippen LogP contribution < -0.4 is 10.5 Å². The topological polar surface area (TPSA) is 35.2 Å². The summed E-state index contributed by atoms with van der Waals surface area (Å²) in [6, 6.07) is 8.32. The highest BCUT2D eigenvalue weighted by molar-refractivity contribution is 5.52. The van der Waals surface area contributed by atoms with Gasteiger partial charge in [-0.25, -0.2) is 0 Å². The molecule has 0 bridgehead atoms. The lowest BCUT2D eigenvalue weighted by Gasteiger charge is -2.16. The molecule has 0 spiro atoms. The maximum Gasteiger partial charge on any atom is 0.125 e. The molecule has 106 valence electrons. The SMILES string of the molecule is Cc1cc(C)c(COc2c(C)cc(N)cc2C)c(C)c1. The van der Waals surface area contributed by atoms with Crippen molar-refractivity contribution in [3.8, 4) is 5.75 Å². The summed E-state index contributed by atoms with van der Waals surface area (Å²) in [6.07, 6.45) is 0. The van der Waals surface area contributed by atoms with Crippen molar-refractivity contribution in [3.05, 3.63) is 57.6 Å². The van der Waals surface area contributed by atoms with E-state index in [9.17, 15) is 0 Å². The van der Waals surface area contributed by atoms with Crippen LogP contribution >= 0.6 is 0 Å². The lowest BCUT2D eigenvalue weighted by Crippen LogP contribution is -2.04. The molecule has 0 amide bonds.